The van der Waals surface area contributed by atoms with Crippen molar-refractivity contribution in [1.82, 2.24) is 19.6 Å². The Morgan fingerprint density at radius 2 is 1.75 bits per heavy atom. The average molecular weight is 539 g/mol. The smallest absolute Gasteiger partial charge is 0.261 e. The van der Waals surface area contributed by atoms with Crippen LogP contribution < -0.4 is 4.90 Å². The van der Waals surface area contributed by atoms with Crippen LogP contribution in [0.25, 0.3) is 5.69 Å². The normalized spacial score (nSPS) is 19.1. The Balaban J connectivity index is 1.29. The van der Waals surface area contributed by atoms with Crippen molar-refractivity contribution in [2.75, 3.05) is 38.1 Å². The average Bonchev–Trinajstić information content (AvgIpc) is 3.41. The van der Waals surface area contributed by atoms with E-state index < -0.39 is 0 Å². The van der Waals surface area contributed by atoms with E-state index in [0.717, 1.165) is 62.5 Å². The van der Waals surface area contributed by atoms with Crippen molar-refractivity contribution in [3.63, 3.8) is 0 Å². The summed E-state index contributed by atoms with van der Waals surface area (Å²) in [5, 5.41) is 12.7. The third-order valence-corrected chi connectivity index (χ3v) is 8.92. The lowest BCUT2D eigenvalue weighted by Crippen LogP contribution is -2.40. The van der Waals surface area contributed by atoms with Gasteiger partial charge in [-0.25, -0.2) is 4.68 Å². The molecule has 40 heavy (non-hydrogen) atoms. The zero-order chi connectivity index (χ0) is 28.3. The van der Waals surface area contributed by atoms with Gasteiger partial charge in [0.05, 0.1) is 17.5 Å². The van der Waals surface area contributed by atoms with E-state index >= 15 is 0 Å². The van der Waals surface area contributed by atoms with Crippen molar-refractivity contribution in [2.45, 2.75) is 52.0 Å². The Kier molecular flexibility index (Phi) is 8.22. The molecule has 0 radical (unpaired) electrons. The highest BCUT2D eigenvalue weighted by Crippen LogP contribution is 2.35. The molecule has 7 nitrogen and oxygen atoms in total. The second-order valence-corrected chi connectivity index (χ2v) is 11.6. The number of piperidine rings is 1. The van der Waals surface area contributed by atoms with E-state index in [1.165, 1.54) is 17.3 Å². The highest BCUT2D eigenvalue weighted by molar-refractivity contribution is 6.19. The lowest BCUT2D eigenvalue weighted by Gasteiger charge is -2.39. The van der Waals surface area contributed by atoms with Crippen LogP contribution in [-0.2, 0) is 16.8 Å². The molecule has 210 valence electrons. The van der Waals surface area contributed by atoms with Crippen LogP contribution in [0.4, 0.5) is 5.69 Å². The number of hydrogen-bond donors (Lipinski definition) is 1. The van der Waals surface area contributed by atoms with Crippen LogP contribution in [0.3, 0.4) is 0 Å². The molecule has 0 bridgehead atoms. The maximum atomic E-state index is 13.6. The van der Waals surface area contributed by atoms with Crippen molar-refractivity contribution in [2.24, 2.45) is 5.92 Å². The molecule has 1 saturated heterocycles. The summed E-state index contributed by atoms with van der Waals surface area (Å²) in [5.41, 5.74) is 6.06. The van der Waals surface area contributed by atoms with Gasteiger partial charge in [0.15, 0.2) is 0 Å². The van der Waals surface area contributed by atoms with E-state index in [-0.39, 0.29) is 17.2 Å². The Morgan fingerprint density at radius 3 is 2.45 bits per heavy atom. The van der Waals surface area contributed by atoms with Crippen LogP contribution in [0.15, 0.2) is 78.3 Å². The Hall–Kier alpha value is -3.71. The lowest BCUT2D eigenvalue weighted by atomic mass is 9.74. The fraction of sp³-hybridized carbons (Fsp3) is 0.424. The zero-order valence-corrected chi connectivity index (χ0v) is 24.3. The summed E-state index contributed by atoms with van der Waals surface area (Å²) in [4.78, 5) is 20.1. The molecule has 0 aliphatic carbocycles. The maximum absolute atomic E-state index is 13.6. The molecule has 5 rings (SSSR count). The maximum Gasteiger partial charge on any atom is 0.261 e. The topological polar surface area (TPSA) is 68.5 Å². The van der Waals surface area contributed by atoms with E-state index in [2.05, 4.69) is 72.2 Å². The molecule has 0 spiro atoms. The van der Waals surface area contributed by atoms with Crippen molar-refractivity contribution in [1.29, 1.82) is 5.41 Å². The van der Waals surface area contributed by atoms with Gasteiger partial charge in [-0.3, -0.25) is 9.69 Å². The first-order valence-electron chi connectivity index (χ1n) is 14.5. The van der Waals surface area contributed by atoms with Gasteiger partial charge >= 0.3 is 0 Å². The van der Waals surface area contributed by atoms with E-state index in [9.17, 15) is 4.79 Å². The molecule has 1 unspecified atom stereocenters. The van der Waals surface area contributed by atoms with Crippen molar-refractivity contribution >= 4 is 17.8 Å². The van der Waals surface area contributed by atoms with Gasteiger partial charge in [0.25, 0.3) is 5.91 Å². The fourth-order valence-corrected chi connectivity index (χ4v) is 6.13. The van der Waals surface area contributed by atoms with Crippen LogP contribution in [-0.4, -0.2) is 64.9 Å². The molecule has 3 heterocycles. The van der Waals surface area contributed by atoms with Crippen LogP contribution in [0, 0.1) is 11.3 Å². The Morgan fingerprint density at radius 1 is 1.02 bits per heavy atom. The molecule has 7 heteroatoms. The number of nitrogens with one attached hydrogen (secondary N) is 1. The van der Waals surface area contributed by atoms with Crippen molar-refractivity contribution < 1.29 is 4.79 Å². The first-order valence-corrected chi connectivity index (χ1v) is 14.5. The molecular weight excluding hydrogens is 496 g/mol. The zero-order valence-electron chi connectivity index (χ0n) is 24.3. The minimum atomic E-state index is -0.111. The predicted octanol–water partition coefficient (Wildman–Crippen LogP) is 5.65. The van der Waals surface area contributed by atoms with Gasteiger partial charge in [-0.2, -0.15) is 5.10 Å². The molecule has 1 atom stereocenters. The summed E-state index contributed by atoms with van der Waals surface area (Å²) in [6.45, 7) is 10.9. The number of likely N-dealkylation sites (N-methyl/N-ethyl adjacent to an activating group) is 1. The molecular formula is C33H42N6O. The van der Waals surface area contributed by atoms with E-state index in [4.69, 9.17) is 5.41 Å². The molecule has 1 amide bonds. The number of rotatable bonds is 8. The van der Waals surface area contributed by atoms with E-state index in [1.807, 2.05) is 42.2 Å². The van der Waals surface area contributed by atoms with Crippen molar-refractivity contribution in [3.05, 3.63) is 89.4 Å². The molecule has 1 fully saturated rings. The number of likely N-dealkylation sites (tertiary alicyclic amines) is 1. The molecule has 0 saturated carbocycles. The summed E-state index contributed by atoms with van der Waals surface area (Å²) >= 11 is 0. The van der Waals surface area contributed by atoms with Crippen LogP contribution >= 0.6 is 0 Å². The van der Waals surface area contributed by atoms with Crippen LogP contribution in [0.2, 0.25) is 0 Å². The monoisotopic (exact) mass is 538 g/mol. The Bertz CT molecular complexity index is 1370. The number of amides is 1. The molecule has 3 aromatic rings. The van der Waals surface area contributed by atoms with Gasteiger partial charge in [0.1, 0.15) is 0 Å². The summed E-state index contributed by atoms with van der Waals surface area (Å²) < 4.78 is 1.91. The molecule has 2 aliphatic rings. The second-order valence-electron chi connectivity index (χ2n) is 11.6. The van der Waals surface area contributed by atoms with Crippen LogP contribution in [0.5, 0.6) is 0 Å². The summed E-state index contributed by atoms with van der Waals surface area (Å²) in [7, 11) is 2.02. The number of nitrogens with zero attached hydrogens (tertiary/aromatic N) is 5. The Labute approximate surface area is 238 Å². The molecule has 1 aromatic heterocycles. The number of carbonyl (C=O) groups excluding carboxylic acids is 1. The third kappa shape index (κ3) is 5.61. The molecule has 1 N–H and O–H groups in total. The number of anilines is 1. The minimum absolute atomic E-state index is 0.111. The number of aromatic nitrogens is 2. The minimum Gasteiger partial charge on any atom is -0.375 e. The van der Waals surface area contributed by atoms with Gasteiger partial charge in [-0.15, -0.1) is 0 Å². The standard InChI is InChI=1S/C33H42N6O/c1-5-25(2)31-30(21-34)32(40)38(19-18-36(31)4)28-12-9-13-29(20-28)39-24-26(22-35-39)23-37-16-14-33(3,15-17-37)27-10-7-6-8-11-27/h6-13,20-22,24-25,34H,5,14-19,23H2,1-4H3. The quantitative estimate of drug-likeness (QED) is 0.376. The highest BCUT2D eigenvalue weighted by atomic mass is 16.2. The number of carbonyl (C=O) groups is 1. The molecule has 2 aromatic carbocycles. The first-order chi connectivity index (χ1) is 19.3. The van der Waals surface area contributed by atoms with E-state index in [1.54, 1.807) is 4.90 Å². The number of allylic oxidation sites excluding steroid dienone is 1. The molecule has 2 aliphatic heterocycles. The van der Waals surface area contributed by atoms with E-state index in [0.29, 0.717) is 12.1 Å². The van der Waals surface area contributed by atoms with Gasteiger partial charge in [0.2, 0.25) is 0 Å². The summed E-state index contributed by atoms with van der Waals surface area (Å²) in [6.07, 6.45) is 8.51. The SMILES string of the molecule is CCC(C)C1=C(C=N)C(=O)N(c2cccc(-n3cc(CN4CCC(C)(c5ccccc5)CC4)cn3)c2)CCN1C. The summed E-state index contributed by atoms with van der Waals surface area (Å²) in [5.74, 6) is 0.104. The first kappa shape index (κ1) is 27.8. The lowest BCUT2D eigenvalue weighted by molar-refractivity contribution is -0.114. The number of hydrogen-bond acceptors (Lipinski definition) is 5. The predicted molar refractivity (Wildman–Crippen MR) is 162 cm³/mol. The fourth-order valence-electron chi connectivity index (χ4n) is 6.13. The largest absolute Gasteiger partial charge is 0.375 e. The third-order valence-electron chi connectivity index (χ3n) is 8.92. The highest BCUT2D eigenvalue weighted by Gasteiger charge is 2.32. The van der Waals surface area contributed by atoms with Gasteiger partial charge in [0, 0.05) is 56.0 Å². The van der Waals surface area contributed by atoms with Gasteiger partial charge in [-0.05, 0) is 67.4 Å². The van der Waals surface area contributed by atoms with Gasteiger partial charge < -0.3 is 15.2 Å². The van der Waals surface area contributed by atoms with Crippen molar-refractivity contribution in [3.8, 4) is 5.69 Å². The number of benzene rings is 2. The second kappa shape index (κ2) is 11.8. The van der Waals surface area contributed by atoms with Gasteiger partial charge in [-0.1, -0.05) is 57.2 Å². The summed E-state index contributed by atoms with van der Waals surface area (Å²) in [6, 6.07) is 18.9. The van der Waals surface area contributed by atoms with Crippen LogP contribution in [0.1, 0.15) is 51.2 Å².